The van der Waals surface area contributed by atoms with Crippen molar-refractivity contribution >= 4 is 35.8 Å². The Morgan fingerprint density at radius 2 is 2.06 bits per heavy atom. The number of likely N-dealkylation sites (tertiary alicyclic amines) is 1. The number of piperidine rings is 1. The zero-order valence-electron chi connectivity index (χ0n) is 19.0. The largest absolute Gasteiger partial charge is 0.374 e. The van der Waals surface area contributed by atoms with Gasteiger partial charge in [0.05, 0.1) is 12.0 Å². The number of ether oxygens (including phenoxy) is 1. The number of amides is 1. The second-order valence-corrected chi connectivity index (χ2v) is 7.86. The fraction of sp³-hybridized carbons (Fsp3) is 0.652. The molecule has 1 aliphatic heterocycles. The van der Waals surface area contributed by atoms with E-state index < -0.39 is 0 Å². The first-order valence-corrected chi connectivity index (χ1v) is 11.3. The molecule has 31 heavy (non-hydrogen) atoms. The standard InChI is InChI=1S/C23H39N5O2.HI/c1-3-25-23(26-13-8-16-28-15-7-12-21(18-28)22(24)29)27-14-9-17-30-19(2)20-10-5-4-6-11-20;/h4-6,10-11,19,21H,3,7-9,12-18H2,1-2H3,(H2,24,29)(H2,25,26,27);1H. The molecule has 176 valence electrons. The van der Waals surface area contributed by atoms with Crippen molar-refractivity contribution in [2.75, 3.05) is 45.9 Å². The molecule has 0 bridgehead atoms. The molecule has 1 saturated heterocycles. The second kappa shape index (κ2) is 16.3. The third-order valence-electron chi connectivity index (χ3n) is 5.40. The zero-order valence-corrected chi connectivity index (χ0v) is 21.3. The normalized spacial score (nSPS) is 18.1. The summed E-state index contributed by atoms with van der Waals surface area (Å²) < 4.78 is 5.91. The van der Waals surface area contributed by atoms with Gasteiger partial charge in [-0.25, -0.2) is 0 Å². The van der Waals surface area contributed by atoms with Crippen molar-refractivity contribution in [3.05, 3.63) is 35.9 Å². The van der Waals surface area contributed by atoms with Gasteiger partial charge in [0.2, 0.25) is 5.91 Å². The highest BCUT2D eigenvalue weighted by Gasteiger charge is 2.23. The Labute approximate surface area is 204 Å². The molecule has 1 aromatic rings. The van der Waals surface area contributed by atoms with Gasteiger partial charge in [0.15, 0.2) is 5.96 Å². The minimum atomic E-state index is -0.165. The molecule has 1 amide bonds. The van der Waals surface area contributed by atoms with E-state index in [0.717, 1.165) is 70.9 Å². The van der Waals surface area contributed by atoms with Gasteiger partial charge in [-0.2, -0.15) is 0 Å². The number of benzene rings is 1. The SMILES string of the molecule is CCNC(=NCCCOC(C)c1ccccc1)NCCCN1CCCC(C(N)=O)C1.I. The molecule has 0 aromatic heterocycles. The molecule has 0 saturated carbocycles. The molecule has 2 rings (SSSR count). The summed E-state index contributed by atoms with van der Waals surface area (Å²) in [4.78, 5) is 18.4. The number of guanidine groups is 1. The maximum Gasteiger partial charge on any atom is 0.221 e. The highest BCUT2D eigenvalue weighted by Crippen LogP contribution is 2.16. The number of halogens is 1. The lowest BCUT2D eigenvalue weighted by molar-refractivity contribution is -0.123. The van der Waals surface area contributed by atoms with Crippen LogP contribution in [0.3, 0.4) is 0 Å². The number of aliphatic imine (C=N–C) groups is 1. The molecule has 1 aliphatic rings. The first kappa shape index (κ1) is 27.6. The monoisotopic (exact) mass is 545 g/mol. The number of hydrogen-bond acceptors (Lipinski definition) is 4. The van der Waals surface area contributed by atoms with Crippen molar-refractivity contribution in [1.29, 1.82) is 0 Å². The molecule has 1 heterocycles. The maximum absolute atomic E-state index is 11.4. The van der Waals surface area contributed by atoms with Crippen molar-refractivity contribution in [2.24, 2.45) is 16.6 Å². The van der Waals surface area contributed by atoms with Gasteiger partial charge in [0, 0.05) is 32.8 Å². The van der Waals surface area contributed by atoms with Gasteiger partial charge in [0.25, 0.3) is 0 Å². The van der Waals surface area contributed by atoms with E-state index in [-0.39, 0.29) is 41.9 Å². The van der Waals surface area contributed by atoms with Crippen LogP contribution in [0.5, 0.6) is 0 Å². The molecule has 1 fully saturated rings. The van der Waals surface area contributed by atoms with Crippen molar-refractivity contribution in [3.8, 4) is 0 Å². The molecule has 7 nitrogen and oxygen atoms in total. The van der Waals surface area contributed by atoms with E-state index in [1.807, 2.05) is 18.2 Å². The van der Waals surface area contributed by atoms with Crippen LogP contribution in [-0.4, -0.2) is 62.6 Å². The summed E-state index contributed by atoms with van der Waals surface area (Å²) in [6.45, 7) is 10.1. The number of carbonyl (C=O) groups excluding carboxylic acids is 1. The average molecular weight is 546 g/mol. The third-order valence-corrected chi connectivity index (χ3v) is 5.40. The zero-order chi connectivity index (χ0) is 21.6. The average Bonchev–Trinajstić information content (AvgIpc) is 2.77. The summed E-state index contributed by atoms with van der Waals surface area (Å²) in [7, 11) is 0. The molecule has 0 aliphatic carbocycles. The lowest BCUT2D eigenvalue weighted by Gasteiger charge is -2.31. The van der Waals surface area contributed by atoms with Crippen molar-refractivity contribution in [2.45, 2.75) is 45.6 Å². The maximum atomic E-state index is 11.4. The van der Waals surface area contributed by atoms with Gasteiger partial charge < -0.3 is 26.0 Å². The third kappa shape index (κ3) is 11.2. The van der Waals surface area contributed by atoms with E-state index in [0.29, 0.717) is 6.61 Å². The summed E-state index contributed by atoms with van der Waals surface area (Å²) >= 11 is 0. The quantitative estimate of drug-likeness (QED) is 0.163. The van der Waals surface area contributed by atoms with Crippen molar-refractivity contribution in [3.63, 3.8) is 0 Å². The van der Waals surface area contributed by atoms with Crippen LogP contribution in [0.4, 0.5) is 0 Å². The minimum Gasteiger partial charge on any atom is -0.374 e. The van der Waals surface area contributed by atoms with Crippen LogP contribution in [-0.2, 0) is 9.53 Å². The number of nitrogens with two attached hydrogens (primary N) is 1. The Bertz CT molecular complexity index is 644. The fourth-order valence-electron chi connectivity index (χ4n) is 3.68. The van der Waals surface area contributed by atoms with E-state index in [1.54, 1.807) is 0 Å². The first-order chi connectivity index (χ1) is 14.6. The summed E-state index contributed by atoms with van der Waals surface area (Å²) in [5.74, 6) is 0.696. The van der Waals surface area contributed by atoms with Crippen LogP contribution in [0, 0.1) is 5.92 Å². The number of nitrogens with zero attached hydrogens (tertiary/aromatic N) is 2. The predicted molar refractivity (Wildman–Crippen MR) is 138 cm³/mol. The van der Waals surface area contributed by atoms with Crippen LogP contribution < -0.4 is 16.4 Å². The van der Waals surface area contributed by atoms with Crippen molar-refractivity contribution < 1.29 is 9.53 Å². The molecular weight excluding hydrogens is 505 g/mol. The Morgan fingerprint density at radius 3 is 2.77 bits per heavy atom. The summed E-state index contributed by atoms with van der Waals surface area (Å²) in [5.41, 5.74) is 6.66. The van der Waals surface area contributed by atoms with Crippen LogP contribution >= 0.6 is 24.0 Å². The second-order valence-electron chi connectivity index (χ2n) is 7.86. The number of primary amides is 1. The van der Waals surface area contributed by atoms with Gasteiger partial charge in [-0.15, -0.1) is 24.0 Å². The number of rotatable bonds is 12. The Morgan fingerprint density at radius 1 is 1.29 bits per heavy atom. The molecule has 1 aromatic carbocycles. The molecule has 0 spiro atoms. The Kier molecular flexibility index (Phi) is 14.5. The highest BCUT2D eigenvalue weighted by molar-refractivity contribution is 14.0. The molecule has 4 N–H and O–H groups in total. The van der Waals surface area contributed by atoms with Gasteiger partial charge in [-0.05, 0) is 58.2 Å². The molecule has 8 heteroatoms. The Hall–Kier alpha value is -1.39. The fourth-order valence-corrected chi connectivity index (χ4v) is 3.68. The number of hydrogen-bond donors (Lipinski definition) is 3. The first-order valence-electron chi connectivity index (χ1n) is 11.3. The lowest BCUT2D eigenvalue weighted by atomic mass is 9.97. The summed E-state index contributed by atoms with van der Waals surface area (Å²) in [6.07, 6.45) is 3.97. The predicted octanol–water partition coefficient (Wildman–Crippen LogP) is 2.91. The van der Waals surface area contributed by atoms with Crippen LogP contribution in [0.1, 0.15) is 51.2 Å². The van der Waals surface area contributed by atoms with Crippen molar-refractivity contribution in [1.82, 2.24) is 15.5 Å². The smallest absolute Gasteiger partial charge is 0.221 e. The summed E-state index contributed by atoms with van der Waals surface area (Å²) in [6, 6.07) is 10.3. The van der Waals surface area contributed by atoms with Crippen LogP contribution in [0.15, 0.2) is 35.3 Å². The molecule has 2 unspecified atom stereocenters. The minimum absolute atomic E-state index is 0. The van der Waals surface area contributed by atoms with Gasteiger partial charge in [-0.1, -0.05) is 30.3 Å². The van der Waals surface area contributed by atoms with E-state index in [4.69, 9.17) is 10.5 Å². The Balaban J connectivity index is 0.00000480. The topological polar surface area (TPSA) is 92.0 Å². The summed E-state index contributed by atoms with van der Waals surface area (Å²) in [5, 5.41) is 6.69. The van der Waals surface area contributed by atoms with Gasteiger partial charge in [-0.3, -0.25) is 9.79 Å². The lowest BCUT2D eigenvalue weighted by Crippen LogP contribution is -2.43. The molecule has 2 atom stereocenters. The van der Waals surface area contributed by atoms with Crippen LogP contribution in [0.25, 0.3) is 0 Å². The van der Waals surface area contributed by atoms with E-state index in [9.17, 15) is 4.79 Å². The van der Waals surface area contributed by atoms with E-state index in [2.05, 4.69) is 46.5 Å². The van der Waals surface area contributed by atoms with E-state index >= 15 is 0 Å². The van der Waals surface area contributed by atoms with Gasteiger partial charge >= 0.3 is 0 Å². The number of nitrogens with one attached hydrogen (secondary N) is 2. The van der Waals surface area contributed by atoms with Gasteiger partial charge in [0.1, 0.15) is 0 Å². The molecule has 0 radical (unpaired) electrons. The van der Waals surface area contributed by atoms with Crippen LogP contribution in [0.2, 0.25) is 0 Å². The molecular formula is C23H40IN5O2. The number of carbonyl (C=O) groups is 1. The highest BCUT2D eigenvalue weighted by atomic mass is 127. The van der Waals surface area contributed by atoms with E-state index in [1.165, 1.54) is 5.56 Å².